The normalized spacial score (nSPS) is 14.3. The van der Waals surface area contributed by atoms with Crippen molar-refractivity contribution in [1.82, 2.24) is 9.47 Å². The third-order valence-electron chi connectivity index (χ3n) is 5.78. The Labute approximate surface area is 181 Å². The number of benzene rings is 1. The number of amides is 1. The Hall–Kier alpha value is -2.60. The molecule has 0 spiro atoms. The predicted octanol–water partition coefficient (Wildman–Crippen LogP) is 4.44. The van der Waals surface area contributed by atoms with Crippen molar-refractivity contribution in [3.8, 4) is 0 Å². The highest BCUT2D eigenvalue weighted by atomic mass is 35.5. The van der Waals surface area contributed by atoms with Crippen LogP contribution in [0.1, 0.15) is 69.2 Å². The summed E-state index contributed by atoms with van der Waals surface area (Å²) in [6.45, 7) is 7.76. The first kappa shape index (κ1) is 22.1. The van der Waals surface area contributed by atoms with Gasteiger partial charge in [-0.1, -0.05) is 23.7 Å². The molecular weight excluding hydrogens is 404 g/mol. The van der Waals surface area contributed by atoms with Crippen LogP contribution in [-0.2, 0) is 11.3 Å². The van der Waals surface area contributed by atoms with E-state index in [9.17, 15) is 14.4 Å². The molecule has 0 bridgehead atoms. The number of ether oxygens (including phenoxy) is 1. The minimum Gasteiger partial charge on any atom is -0.464 e. The average molecular weight is 431 g/mol. The van der Waals surface area contributed by atoms with Crippen molar-refractivity contribution in [3.63, 3.8) is 0 Å². The summed E-state index contributed by atoms with van der Waals surface area (Å²) in [5.41, 5.74) is 2.53. The molecular formula is C23H27ClN2O4. The monoisotopic (exact) mass is 430 g/mol. The summed E-state index contributed by atoms with van der Waals surface area (Å²) in [5, 5.41) is 0.366. The topological polar surface area (TPSA) is 68.6 Å². The zero-order chi connectivity index (χ0) is 22.2. The minimum absolute atomic E-state index is 0.0154. The average Bonchev–Trinajstić information content (AvgIpc) is 3.52. The van der Waals surface area contributed by atoms with Gasteiger partial charge in [-0.05, 0) is 58.2 Å². The van der Waals surface area contributed by atoms with E-state index in [2.05, 4.69) is 0 Å². The molecule has 1 aliphatic carbocycles. The van der Waals surface area contributed by atoms with Crippen molar-refractivity contribution < 1.29 is 19.1 Å². The van der Waals surface area contributed by atoms with Crippen molar-refractivity contribution in [2.45, 2.75) is 59.2 Å². The number of hydrogen-bond acceptors (Lipinski definition) is 4. The molecule has 1 atom stereocenters. The van der Waals surface area contributed by atoms with Crippen molar-refractivity contribution in [1.29, 1.82) is 0 Å². The third-order valence-corrected chi connectivity index (χ3v) is 6.11. The molecule has 0 saturated heterocycles. The number of esters is 1. The molecule has 3 rings (SSSR count). The molecule has 1 aromatic heterocycles. The number of hydrogen-bond donors (Lipinski definition) is 0. The largest absolute Gasteiger partial charge is 0.464 e. The Morgan fingerprint density at radius 3 is 2.40 bits per heavy atom. The second-order valence-electron chi connectivity index (χ2n) is 7.63. The maximum absolute atomic E-state index is 13.6. The van der Waals surface area contributed by atoms with Crippen molar-refractivity contribution in [2.24, 2.45) is 0 Å². The fourth-order valence-corrected chi connectivity index (χ4v) is 4.35. The van der Waals surface area contributed by atoms with Crippen LogP contribution in [-0.4, -0.2) is 46.3 Å². The van der Waals surface area contributed by atoms with Crippen LogP contribution in [0.15, 0.2) is 24.3 Å². The van der Waals surface area contributed by atoms with Gasteiger partial charge in [0.05, 0.1) is 23.7 Å². The summed E-state index contributed by atoms with van der Waals surface area (Å²) in [4.78, 5) is 40.8. The van der Waals surface area contributed by atoms with E-state index < -0.39 is 12.0 Å². The molecule has 1 amide bonds. The van der Waals surface area contributed by atoms with Crippen molar-refractivity contribution in [2.75, 3.05) is 7.11 Å². The van der Waals surface area contributed by atoms with Gasteiger partial charge in [-0.15, -0.1) is 0 Å². The van der Waals surface area contributed by atoms with E-state index in [1.807, 2.05) is 13.8 Å². The Kier molecular flexibility index (Phi) is 6.36. The molecule has 7 heteroatoms. The number of nitrogens with zero attached hydrogens (tertiary/aromatic N) is 2. The van der Waals surface area contributed by atoms with Gasteiger partial charge < -0.3 is 14.2 Å². The number of carbonyl (C=O) groups is 3. The molecule has 0 radical (unpaired) electrons. The Morgan fingerprint density at radius 2 is 1.87 bits per heavy atom. The number of rotatable bonds is 7. The quantitative estimate of drug-likeness (QED) is 0.481. The van der Waals surface area contributed by atoms with Gasteiger partial charge in [0.25, 0.3) is 5.91 Å². The zero-order valence-electron chi connectivity index (χ0n) is 18.0. The van der Waals surface area contributed by atoms with Crippen LogP contribution in [0.4, 0.5) is 0 Å². The number of carbonyl (C=O) groups excluding carboxylic acids is 3. The first-order chi connectivity index (χ1) is 14.2. The second-order valence-corrected chi connectivity index (χ2v) is 8.04. The van der Waals surface area contributed by atoms with Gasteiger partial charge in [0.1, 0.15) is 5.69 Å². The van der Waals surface area contributed by atoms with E-state index in [0.29, 0.717) is 39.6 Å². The van der Waals surface area contributed by atoms with Crippen LogP contribution in [0.25, 0.3) is 0 Å². The van der Waals surface area contributed by atoms with Crippen LogP contribution in [0.2, 0.25) is 5.02 Å². The highest BCUT2D eigenvalue weighted by Crippen LogP contribution is 2.34. The molecule has 1 fully saturated rings. The molecule has 30 heavy (non-hydrogen) atoms. The van der Waals surface area contributed by atoms with Gasteiger partial charge in [0.2, 0.25) is 0 Å². The first-order valence-corrected chi connectivity index (χ1v) is 10.5. The Bertz CT molecular complexity index is 1010. The summed E-state index contributed by atoms with van der Waals surface area (Å²) >= 11 is 6.25. The summed E-state index contributed by atoms with van der Waals surface area (Å²) in [5.74, 6) is -0.910. The maximum Gasteiger partial charge on any atom is 0.354 e. The van der Waals surface area contributed by atoms with Crippen LogP contribution in [0.3, 0.4) is 0 Å². The van der Waals surface area contributed by atoms with Crippen LogP contribution in [0.5, 0.6) is 0 Å². The van der Waals surface area contributed by atoms with Gasteiger partial charge in [-0.3, -0.25) is 9.59 Å². The molecule has 1 aliphatic rings. The van der Waals surface area contributed by atoms with E-state index in [4.69, 9.17) is 16.3 Å². The molecule has 0 N–H and O–H groups in total. The van der Waals surface area contributed by atoms with Crippen LogP contribution >= 0.6 is 11.6 Å². The lowest BCUT2D eigenvalue weighted by molar-refractivity contribution is 0.0586. The zero-order valence-corrected chi connectivity index (χ0v) is 18.7. The SMILES string of the molecule is CCn1c(C)c(C(=O)[C@H](C)N(C(=O)c2ccccc2Cl)C2CC2)c(C)c1C(=O)OC. The summed E-state index contributed by atoms with van der Waals surface area (Å²) in [6, 6.07) is 6.21. The van der Waals surface area contributed by atoms with Crippen molar-refractivity contribution >= 4 is 29.3 Å². The molecule has 1 heterocycles. The van der Waals surface area contributed by atoms with Gasteiger partial charge in [0, 0.05) is 23.8 Å². The first-order valence-electron chi connectivity index (χ1n) is 10.1. The predicted molar refractivity (Wildman–Crippen MR) is 115 cm³/mol. The lowest BCUT2D eigenvalue weighted by Crippen LogP contribution is -2.45. The number of Topliss-reactive ketones (excluding diaryl/α,β-unsaturated/α-hetero) is 1. The van der Waals surface area contributed by atoms with Crippen LogP contribution < -0.4 is 0 Å². The Balaban J connectivity index is 2.02. The van der Waals surface area contributed by atoms with E-state index in [1.54, 1.807) is 47.6 Å². The summed E-state index contributed by atoms with van der Waals surface area (Å²) in [6.07, 6.45) is 1.71. The number of ketones is 1. The molecule has 160 valence electrons. The molecule has 0 aliphatic heterocycles. The molecule has 1 saturated carbocycles. The lowest BCUT2D eigenvalue weighted by atomic mass is 9.99. The van der Waals surface area contributed by atoms with E-state index >= 15 is 0 Å². The number of methoxy groups -OCH3 is 1. The highest BCUT2D eigenvalue weighted by molar-refractivity contribution is 6.33. The maximum atomic E-state index is 13.6. The molecule has 2 aromatic rings. The third kappa shape index (κ3) is 3.76. The van der Waals surface area contributed by atoms with Gasteiger partial charge in [-0.2, -0.15) is 0 Å². The number of aromatic nitrogens is 1. The second kappa shape index (κ2) is 8.64. The van der Waals surface area contributed by atoms with E-state index in [0.717, 1.165) is 12.8 Å². The molecule has 0 unspecified atom stereocenters. The lowest BCUT2D eigenvalue weighted by Gasteiger charge is -2.29. The number of halogens is 1. The fraction of sp³-hybridized carbons (Fsp3) is 0.435. The van der Waals surface area contributed by atoms with Crippen molar-refractivity contribution in [3.05, 3.63) is 57.4 Å². The van der Waals surface area contributed by atoms with E-state index in [1.165, 1.54) is 7.11 Å². The highest BCUT2D eigenvalue weighted by Gasteiger charge is 2.41. The summed E-state index contributed by atoms with van der Waals surface area (Å²) in [7, 11) is 1.32. The Morgan fingerprint density at radius 1 is 1.23 bits per heavy atom. The van der Waals surface area contributed by atoms with Gasteiger partial charge in [-0.25, -0.2) is 4.79 Å². The van der Waals surface area contributed by atoms with Crippen LogP contribution in [0, 0.1) is 13.8 Å². The standard InChI is InChI=1S/C23H27ClN2O4/c1-6-25-14(3)19(13(2)20(25)23(29)30-5)21(27)15(4)26(16-11-12-16)22(28)17-9-7-8-10-18(17)24/h7-10,15-16H,6,11-12H2,1-5H3/t15-/m0/s1. The fourth-order valence-electron chi connectivity index (χ4n) is 4.13. The molecule has 6 nitrogen and oxygen atoms in total. The van der Waals surface area contributed by atoms with Gasteiger partial charge in [0.15, 0.2) is 5.78 Å². The smallest absolute Gasteiger partial charge is 0.354 e. The summed E-state index contributed by atoms with van der Waals surface area (Å²) < 4.78 is 6.71. The van der Waals surface area contributed by atoms with E-state index in [-0.39, 0.29) is 17.7 Å². The van der Waals surface area contributed by atoms with Gasteiger partial charge >= 0.3 is 5.97 Å². The molecule has 1 aromatic carbocycles. The minimum atomic E-state index is -0.683.